The minimum Gasteiger partial charge on any atom is -0.350 e. The van der Waals surface area contributed by atoms with Gasteiger partial charge in [-0.05, 0) is 56.4 Å². The van der Waals surface area contributed by atoms with E-state index < -0.39 is 34.1 Å². The van der Waals surface area contributed by atoms with Gasteiger partial charge in [0, 0.05) is 12.1 Å². The highest BCUT2D eigenvalue weighted by Crippen LogP contribution is 2.23. The van der Waals surface area contributed by atoms with Gasteiger partial charge in [-0.3, -0.25) is 13.9 Å². The second-order valence-electron chi connectivity index (χ2n) is 10.2. The van der Waals surface area contributed by atoms with Crippen molar-refractivity contribution in [1.82, 2.24) is 10.2 Å². The van der Waals surface area contributed by atoms with Crippen LogP contribution in [0.2, 0.25) is 0 Å². The van der Waals surface area contributed by atoms with Crippen molar-refractivity contribution in [3.05, 3.63) is 65.7 Å². The summed E-state index contributed by atoms with van der Waals surface area (Å²) in [6, 6.07) is 15.8. The Kier molecular flexibility index (Phi) is 9.49. The summed E-state index contributed by atoms with van der Waals surface area (Å²) in [5.41, 5.74) is 1.87. The fourth-order valence-corrected chi connectivity index (χ4v) is 4.64. The van der Waals surface area contributed by atoms with E-state index in [1.54, 1.807) is 12.1 Å². The minimum absolute atomic E-state index is 0.194. The molecule has 0 bridgehead atoms. The van der Waals surface area contributed by atoms with Crippen LogP contribution in [-0.4, -0.2) is 49.5 Å². The SMILES string of the molecule is CC[C@H](C(=O)NC(C)(C)C)N(Cc1ccccc1)C(=O)CN(c1ccc(C(C)C)cc1)S(C)(=O)=O. The highest BCUT2D eigenvalue weighted by molar-refractivity contribution is 7.92. The van der Waals surface area contributed by atoms with Crippen molar-refractivity contribution < 1.29 is 18.0 Å². The highest BCUT2D eigenvalue weighted by Gasteiger charge is 2.33. The first kappa shape index (κ1) is 28.4. The number of hydrogen-bond acceptors (Lipinski definition) is 4. The van der Waals surface area contributed by atoms with Crippen molar-refractivity contribution >= 4 is 27.5 Å². The van der Waals surface area contributed by atoms with E-state index in [-0.39, 0.29) is 12.5 Å². The van der Waals surface area contributed by atoms with Gasteiger partial charge in [0.25, 0.3) is 0 Å². The Hall–Kier alpha value is -2.87. The van der Waals surface area contributed by atoms with E-state index in [0.717, 1.165) is 21.7 Å². The topological polar surface area (TPSA) is 86.8 Å². The van der Waals surface area contributed by atoms with E-state index in [2.05, 4.69) is 19.2 Å². The summed E-state index contributed by atoms with van der Waals surface area (Å²) >= 11 is 0. The number of nitrogens with one attached hydrogen (secondary N) is 1. The lowest BCUT2D eigenvalue weighted by Gasteiger charge is -2.34. The lowest BCUT2D eigenvalue weighted by molar-refractivity contribution is -0.141. The van der Waals surface area contributed by atoms with Crippen LogP contribution in [0.5, 0.6) is 0 Å². The average Bonchev–Trinajstić information content (AvgIpc) is 2.76. The normalized spacial score (nSPS) is 12.8. The third kappa shape index (κ3) is 8.38. The second kappa shape index (κ2) is 11.7. The number of sulfonamides is 1. The molecule has 1 N–H and O–H groups in total. The molecule has 0 heterocycles. The summed E-state index contributed by atoms with van der Waals surface area (Å²) in [4.78, 5) is 28.3. The highest BCUT2D eigenvalue weighted by atomic mass is 32.2. The van der Waals surface area contributed by atoms with E-state index in [1.165, 1.54) is 4.90 Å². The Balaban J connectivity index is 2.42. The fourth-order valence-electron chi connectivity index (χ4n) is 3.79. The van der Waals surface area contributed by atoms with Gasteiger partial charge >= 0.3 is 0 Å². The maximum Gasteiger partial charge on any atom is 0.244 e. The summed E-state index contributed by atoms with van der Waals surface area (Å²) in [6.45, 7) is 11.4. The average molecular weight is 502 g/mol. The minimum atomic E-state index is -3.75. The number of rotatable bonds is 10. The molecule has 0 fully saturated rings. The van der Waals surface area contributed by atoms with Crippen LogP contribution in [-0.2, 0) is 26.2 Å². The molecular formula is C27H39N3O4S. The largest absolute Gasteiger partial charge is 0.350 e. The molecule has 7 nitrogen and oxygen atoms in total. The van der Waals surface area contributed by atoms with Crippen LogP contribution in [0, 0.1) is 0 Å². The van der Waals surface area contributed by atoms with Crippen LogP contribution in [0.1, 0.15) is 65.0 Å². The molecule has 0 saturated carbocycles. The molecule has 192 valence electrons. The zero-order valence-electron chi connectivity index (χ0n) is 21.9. The summed E-state index contributed by atoms with van der Waals surface area (Å²) in [5, 5.41) is 2.96. The van der Waals surface area contributed by atoms with Gasteiger partial charge in [-0.15, -0.1) is 0 Å². The summed E-state index contributed by atoms with van der Waals surface area (Å²) in [7, 11) is -3.75. The van der Waals surface area contributed by atoms with Crippen molar-refractivity contribution in [2.75, 3.05) is 17.1 Å². The van der Waals surface area contributed by atoms with Crippen LogP contribution in [0.25, 0.3) is 0 Å². The summed E-state index contributed by atoms with van der Waals surface area (Å²) in [5.74, 6) is -0.412. The Labute approximate surface area is 210 Å². The Bertz CT molecular complexity index is 1090. The molecule has 0 aromatic heterocycles. The molecule has 0 aliphatic carbocycles. The number of nitrogens with zero attached hydrogens (tertiary/aromatic N) is 2. The van der Waals surface area contributed by atoms with Crippen LogP contribution >= 0.6 is 0 Å². The van der Waals surface area contributed by atoms with E-state index in [4.69, 9.17) is 0 Å². The molecule has 2 rings (SSSR count). The third-order valence-corrected chi connectivity index (χ3v) is 6.75. The number of amides is 2. The molecule has 0 spiro atoms. The molecule has 0 aliphatic heterocycles. The van der Waals surface area contributed by atoms with E-state index in [0.29, 0.717) is 18.0 Å². The number of carbonyl (C=O) groups is 2. The van der Waals surface area contributed by atoms with Crippen molar-refractivity contribution in [2.45, 2.75) is 72.0 Å². The lowest BCUT2D eigenvalue weighted by atomic mass is 10.0. The van der Waals surface area contributed by atoms with Crippen molar-refractivity contribution in [2.24, 2.45) is 0 Å². The van der Waals surface area contributed by atoms with Gasteiger partial charge in [-0.2, -0.15) is 0 Å². The molecule has 1 atom stereocenters. The molecule has 2 aromatic carbocycles. The second-order valence-corrected chi connectivity index (χ2v) is 12.1. The number of benzene rings is 2. The smallest absolute Gasteiger partial charge is 0.244 e. The van der Waals surface area contributed by atoms with Crippen LogP contribution < -0.4 is 9.62 Å². The van der Waals surface area contributed by atoms with Crippen LogP contribution in [0.15, 0.2) is 54.6 Å². The fraction of sp³-hybridized carbons (Fsp3) is 0.481. The van der Waals surface area contributed by atoms with Gasteiger partial charge in [0.05, 0.1) is 11.9 Å². The molecule has 0 aliphatic rings. The molecule has 0 saturated heterocycles. The molecule has 35 heavy (non-hydrogen) atoms. The first-order chi connectivity index (χ1) is 16.2. The van der Waals surface area contributed by atoms with Crippen molar-refractivity contribution in [3.8, 4) is 0 Å². The number of anilines is 1. The van der Waals surface area contributed by atoms with Crippen LogP contribution in [0.3, 0.4) is 0 Å². The third-order valence-electron chi connectivity index (χ3n) is 5.61. The lowest BCUT2D eigenvalue weighted by Crippen LogP contribution is -2.55. The number of carbonyl (C=O) groups excluding carboxylic acids is 2. The maximum atomic E-state index is 13.7. The Morgan fingerprint density at radius 3 is 2.00 bits per heavy atom. The molecule has 2 aromatic rings. The molecule has 2 amide bonds. The van der Waals surface area contributed by atoms with Crippen molar-refractivity contribution in [3.63, 3.8) is 0 Å². The standard InChI is InChI=1S/C27H39N3O4S/c1-8-24(26(32)28-27(4,5)6)29(18-21-12-10-9-11-13-21)25(31)19-30(35(7,33)34)23-16-14-22(15-17-23)20(2)3/h9-17,20,24H,8,18-19H2,1-7H3,(H,28,32)/t24-/m1/s1. The van der Waals surface area contributed by atoms with Gasteiger partial charge in [-0.25, -0.2) is 8.42 Å². The monoisotopic (exact) mass is 501 g/mol. The Morgan fingerprint density at radius 1 is 0.971 bits per heavy atom. The van der Waals surface area contributed by atoms with Gasteiger partial charge in [-0.1, -0.05) is 63.2 Å². The quantitative estimate of drug-likeness (QED) is 0.526. The van der Waals surface area contributed by atoms with Crippen molar-refractivity contribution in [1.29, 1.82) is 0 Å². The van der Waals surface area contributed by atoms with E-state index in [9.17, 15) is 18.0 Å². The van der Waals surface area contributed by atoms with Gasteiger partial charge < -0.3 is 10.2 Å². The number of hydrogen-bond donors (Lipinski definition) is 1. The first-order valence-corrected chi connectivity index (χ1v) is 13.8. The maximum absolute atomic E-state index is 13.7. The Morgan fingerprint density at radius 2 is 1.54 bits per heavy atom. The van der Waals surface area contributed by atoms with Gasteiger partial charge in [0.2, 0.25) is 21.8 Å². The van der Waals surface area contributed by atoms with E-state index in [1.807, 2.05) is 70.2 Å². The van der Waals surface area contributed by atoms with Gasteiger partial charge in [0.15, 0.2) is 0 Å². The van der Waals surface area contributed by atoms with Crippen LogP contribution in [0.4, 0.5) is 5.69 Å². The predicted octanol–water partition coefficient (Wildman–Crippen LogP) is 4.30. The predicted molar refractivity (Wildman–Crippen MR) is 142 cm³/mol. The summed E-state index contributed by atoms with van der Waals surface area (Å²) < 4.78 is 26.5. The molecule has 0 unspecified atom stereocenters. The zero-order chi connectivity index (χ0) is 26.4. The van der Waals surface area contributed by atoms with Gasteiger partial charge in [0.1, 0.15) is 12.6 Å². The summed E-state index contributed by atoms with van der Waals surface area (Å²) in [6.07, 6.45) is 1.48. The molecule has 0 radical (unpaired) electrons. The zero-order valence-corrected chi connectivity index (χ0v) is 22.7. The first-order valence-electron chi connectivity index (χ1n) is 12.0. The van der Waals surface area contributed by atoms with E-state index >= 15 is 0 Å². The molecule has 8 heteroatoms. The molecular weight excluding hydrogens is 462 g/mol.